The molecule has 4 nitrogen and oxygen atoms in total. The van der Waals surface area contributed by atoms with Crippen molar-refractivity contribution in [2.75, 3.05) is 13.2 Å². The van der Waals surface area contributed by atoms with Crippen LogP contribution in [0.25, 0.3) is 0 Å². The minimum Gasteiger partial charge on any atom is -0.490 e. The molecule has 0 heterocycles. The third kappa shape index (κ3) is 4.71. The molecule has 0 spiro atoms. The van der Waals surface area contributed by atoms with Gasteiger partial charge in [-0.05, 0) is 39.0 Å². The van der Waals surface area contributed by atoms with Gasteiger partial charge in [0.05, 0.1) is 17.8 Å². The molecule has 1 aromatic carbocycles. The molecule has 0 aliphatic rings. The third-order valence-electron chi connectivity index (χ3n) is 2.11. The van der Waals surface area contributed by atoms with Crippen molar-refractivity contribution in [1.29, 1.82) is 5.41 Å². The second kappa shape index (κ2) is 5.82. The van der Waals surface area contributed by atoms with Crippen LogP contribution in [0.1, 0.15) is 26.3 Å². The van der Waals surface area contributed by atoms with E-state index in [1.54, 1.807) is 0 Å². The summed E-state index contributed by atoms with van der Waals surface area (Å²) in [5.74, 6) is -0.277. The lowest BCUT2D eigenvalue weighted by Crippen LogP contribution is -2.23. The van der Waals surface area contributed by atoms with Crippen molar-refractivity contribution >= 4 is 5.84 Å². The molecule has 0 saturated heterocycles. The van der Waals surface area contributed by atoms with Crippen molar-refractivity contribution in [3.8, 4) is 5.75 Å². The summed E-state index contributed by atoms with van der Waals surface area (Å²) in [6.07, 6.45) is 0. The van der Waals surface area contributed by atoms with Gasteiger partial charge in [-0.3, -0.25) is 5.41 Å². The molecule has 0 atom stereocenters. The Hall–Kier alpha value is -1.62. The van der Waals surface area contributed by atoms with Crippen molar-refractivity contribution in [1.82, 2.24) is 0 Å². The summed E-state index contributed by atoms with van der Waals surface area (Å²) in [6, 6.07) is 3.91. The van der Waals surface area contributed by atoms with E-state index < -0.39 is 5.82 Å². The number of hydrogen-bond donors (Lipinski definition) is 2. The number of amidine groups is 1. The first kappa shape index (κ1) is 14.4. The fourth-order valence-corrected chi connectivity index (χ4v) is 1.34. The van der Waals surface area contributed by atoms with Crippen molar-refractivity contribution < 1.29 is 13.9 Å². The van der Waals surface area contributed by atoms with Crippen LogP contribution < -0.4 is 10.5 Å². The maximum absolute atomic E-state index is 13.0. The first-order valence-corrected chi connectivity index (χ1v) is 5.70. The van der Waals surface area contributed by atoms with E-state index in [0.29, 0.717) is 19.0 Å². The summed E-state index contributed by atoms with van der Waals surface area (Å²) in [6.45, 7) is 6.59. The average molecular weight is 254 g/mol. The van der Waals surface area contributed by atoms with Gasteiger partial charge in [0.1, 0.15) is 24.0 Å². The molecule has 5 heteroatoms. The molecular formula is C13H19FN2O2. The second-order valence-corrected chi connectivity index (χ2v) is 4.86. The lowest BCUT2D eigenvalue weighted by molar-refractivity contribution is -0.0163. The van der Waals surface area contributed by atoms with Gasteiger partial charge in [0, 0.05) is 0 Å². The van der Waals surface area contributed by atoms with E-state index in [2.05, 4.69) is 0 Å². The monoisotopic (exact) mass is 254 g/mol. The third-order valence-corrected chi connectivity index (χ3v) is 2.11. The molecule has 18 heavy (non-hydrogen) atoms. The van der Waals surface area contributed by atoms with E-state index in [0.717, 1.165) is 0 Å². The molecular weight excluding hydrogens is 235 g/mol. The van der Waals surface area contributed by atoms with Crippen LogP contribution >= 0.6 is 0 Å². The van der Waals surface area contributed by atoms with Crippen molar-refractivity contribution in [3.63, 3.8) is 0 Å². The topological polar surface area (TPSA) is 68.3 Å². The second-order valence-electron chi connectivity index (χ2n) is 4.86. The summed E-state index contributed by atoms with van der Waals surface area (Å²) < 4.78 is 23.9. The van der Waals surface area contributed by atoms with E-state index in [4.69, 9.17) is 20.6 Å². The Morgan fingerprint density at radius 1 is 1.33 bits per heavy atom. The molecule has 1 aromatic rings. The normalized spacial score (nSPS) is 11.3. The maximum atomic E-state index is 13.0. The quantitative estimate of drug-likeness (QED) is 0.481. The van der Waals surface area contributed by atoms with Gasteiger partial charge in [-0.1, -0.05) is 0 Å². The molecule has 0 saturated carbocycles. The van der Waals surface area contributed by atoms with Gasteiger partial charge in [0.2, 0.25) is 0 Å². The van der Waals surface area contributed by atoms with Crippen LogP contribution in [0.5, 0.6) is 5.75 Å². The van der Waals surface area contributed by atoms with Crippen LogP contribution in [0.3, 0.4) is 0 Å². The number of ether oxygens (including phenoxy) is 2. The van der Waals surface area contributed by atoms with Crippen molar-refractivity contribution in [2.45, 2.75) is 26.4 Å². The number of nitrogen functional groups attached to an aromatic ring is 1. The number of rotatable bonds is 5. The van der Waals surface area contributed by atoms with Crippen LogP contribution in [0.4, 0.5) is 4.39 Å². The molecule has 0 radical (unpaired) electrons. The Labute approximate surface area is 106 Å². The zero-order valence-corrected chi connectivity index (χ0v) is 10.9. The van der Waals surface area contributed by atoms with Crippen LogP contribution in [0, 0.1) is 11.2 Å². The summed E-state index contributed by atoms with van der Waals surface area (Å²) in [7, 11) is 0. The van der Waals surface area contributed by atoms with Gasteiger partial charge in [-0.15, -0.1) is 0 Å². The summed E-state index contributed by atoms with van der Waals surface area (Å²) in [4.78, 5) is 0. The fourth-order valence-electron chi connectivity index (χ4n) is 1.34. The molecule has 3 N–H and O–H groups in total. The van der Waals surface area contributed by atoms with Crippen LogP contribution in [0.15, 0.2) is 18.2 Å². The Morgan fingerprint density at radius 3 is 2.56 bits per heavy atom. The summed E-state index contributed by atoms with van der Waals surface area (Å²) in [5.41, 5.74) is 5.39. The first-order chi connectivity index (χ1) is 8.29. The SMILES string of the molecule is CC(C)(C)OCCOc1ccc(F)cc1C(=N)N. The smallest absolute Gasteiger partial charge is 0.130 e. The highest BCUT2D eigenvalue weighted by atomic mass is 19.1. The number of nitrogens with two attached hydrogens (primary N) is 1. The van der Waals surface area contributed by atoms with Gasteiger partial charge >= 0.3 is 0 Å². The minimum atomic E-state index is -0.446. The summed E-state index contributed by atoms with van der Waals surface area (Å²) >= 11 is 0. The molecule has 0 bridgehead atoms. The van der Waals surface area contributed by atoms with Gasteiger partial charge in [0.15, 0.2) is 0 Å². The Kier molecular flexibility index (Phi) is 4.67. The number of halogens is 1. The molecule has 0 aromatic heterocycles. The highest BCUT2D eigenvalue weighted by Gasteiger charge is 2.11. The minimum absolute atomic E-state index is 0.221. The summed E-state index contributed by atoms with van der Waals surface area (Å²) in [5, 5.41) is 7.35. The largest absolute Gasteiger partial charge is 0.490 e. The zero-order valence-electron chi connectivity index (χ0n) is 10.9. The molecule has 100 valence electrons. The van der Waals surface area contributed by atoms with Gasteiger partial charge in [-0.25, -0.2) is 4.39 Å². The van der Waals surface area contributed by atoms with Crippen LogP contribution in [-0.2, 0) is 4.74 Å². The Bertz CT molecular complexity index is 427. The van der Waals surface area contributed by atoms with Crippen molar-refractivity contribution in [2.24, 2.45) is 5.73 Å². The molecule has 0 aliphatic heterocycles. The fraction of sp³-hybridized carbons (Fsp3) is 0.462. The van der Waals surface area contributed by atoms with Crippen molar-refractivity contribution in [3.05, 3.63) is 29.6 Å². The molecule has 0 amide bonds. The van der Waals surface area contributed by atoms with Crippen LogP contribution in [0.2, 0.25) is 0 Å². The molecule has 0 fully saturated rings. The molecule has 0 aliphatic carbocycles. The van der Waals surface area contributed by atoms with E-state index in [-0.39, 0.29) is 17.0 Å². The van der Waals surface area contributed by atoms with Gasteiger partial charge in [-0.2, -0.15) is 0 Å². The van der Waals surface area contributed by atoms with E-state index in [1.165, 1.54) is 18.2 Å². The zero-order chi connectivity index (χ0) is 13.8. The highest BCUT2D eigenvalue weighted by Crippen LogP contribution is 2.19. The van der Waals surface area contributed by atoms with E-state index in [9.17, 15) is 4.39 Å². The van der Waals surface area contributed by atoms with Gasteiger partial charge < -0.3 is 15.2 Å². The Morgan fingerprint density at radius 2 is 2.00 bits per heavy atom. The molecule has 0 unspecified atom stereocenters. The first-order valence-electron chi connectivity index (χ1n) is 5.70. The average Bonchev–Trinajstić information content (AvgIpc) is 2.24. The van der Waals surface area contributed by atoms with Gasteiger partial charge in [0.25, 0.3) is 0 Å². The predicted octanol–water partition coefficient (Wildman–Crippen LogP) is 2.30. The van der Waals surface area contributed by atoms with E-state index >= 15 is 0 Å². The number of nitrogens with one attached hydrogen (secondary N) is 1. The highest BCUT2D eigenvalue weighted by molar-refractivity contribution is 5.97. The van der Waals surface area contributed by atoms with Crippen LogP contribution in [-0.4, -0.2) is 24.7 Å². The lowest BCUT2D eigenvalue weighted by atomic mass is 10.2. The standard InChI is InChI=1S/C13H19FN2O2/c1-13(2,3)18-7-6-17-11-5-4-9(14)8-10(11)12(15)16/h4-5,8H,6-7H2,1-3H3,(H3,15,16). The molecule has 1 rings (SSSR count). The maximum Gasteiger partial charge on any atom is 0.130 e. The van der Waals surface area contributed by atoms with E-state index in [1.807, 2.05) is 20.8 Å². The number of benzene rings is 1. The Balaban J connectivity index is 2.59. The predicted molar refractivity (Wildman–Crippen MR) is 68.6 cm³/mol. The number of hydrogen-bond acceptors (Lipinski definition) is 3. The lowest BCUT2D eigenvalue weighted by Gasteiger charge is -2.19.